The van der Waals surface area contributed by atoms with Gasteiger partial charge in [-0.05, 0) is 49.2 Å². The predicted molar refractivity (Wildman–Crippen MR) is 79.1 cm³/mol. The molecule has 0 amide bonds. The van der Waals surface area contributed by atoms with E-state index in [9.17, 15) is 0 Å². The Morgan fingerprint density at radius 3 is 2.50 bits per heavy atom. The van der Waals surface area contributed by atoms with Crippen molar-refractivity contribution in [3.8, 4) is 17.4 Å². The molecule has 4 nitrogen and oxygen atoms in total. The Labute approximate surface area is 119 Å². The fourth-order valence-corrected chi connectivity index (χ4v) is 1.71. The van der Waals surface area contributed by atoms with Crippen LogP contribution in [0.4, 0.5) is 0 Å². The maximum Gasteiger partial charge on any atom is 0.219 e. The van der Waals surface area contributed by atoms with Crippen molar-refractivity contribution in [3.63, 3.8) is 0 Å². The Hall–Kier alpha value is -2.07. The number of pyridine rings is 1. The molecule has 4 heteroatoms. The zero-order valence-corrected chi connectivity index (χ0v) is 11.9. The van der Waals surface area contributed by atoms with E-state index in [0.717, 1.165) is 30.1 Å². The number of benzene rings is 1. The Kier molecular flexibility index (Phi) is 4.96. The number of hydrogen-bond acceptors (Lipinski definition) is 4. The molecule has 0 bridgehead atoms. The van der Waals surface area contributed by atoms with Crippen LogP contribution in [0.3, 0.4) is 0 Å². The third-order valence-electron chi connectivity index (χ3n) is 2.80. The van der Waals surface area contributed by atoms with Crippen LogP contribution in [-0.4, -0.2) is 11.6 Å². The highest BCUT2D eigenvalue weighted by Gasteiger charge is 2.04. The molecule has 1 heterocycles. The van der Waals surface area contributed by atoms with Crippen LogP contribution < -0.4 is 15.2 Å². The molecule has 0 saturated carbocycles. The molecule has 0 aliphatic heterocycles. The van der Waals surface area contributed by atoms with E-state index in [4.69, 9.17) is 15.2 Å². The summed E-state index contributed by atoms with van der Waals surface area (Å²) in [4.78, 5) is 4.18. The molecular weight excluding hydrogens is 252 g/mol. The van der Waals surface area contributed by atoms with Gasteiger partial charge in [0.05, 0.1) is 6.61 Å². The van der Waals surface area contributed by atoms with Crippen LogP contribution in [-0.2, 0) is 0 Å². The van der Waals surface area contributed by atoms with Gasteiger partial charge in [0.25, 0.3) is 0 Å². The molecule has 0 aliphatic rings. The summed E-state index contributed by atoms with van der Waals surface area (Å²) in [6.07, 6.45) is 2.69. The lowest BCUT2D eigenvalue weighted by Gasteiger charge is -2.09. The quantitative estimate of drug-likeness (QED) is 0.871. The summed E-state index contributed by atoms with van der Waals surface area (Å²) in [5.74, 6) is 2.11. The smallest absolute Gasteiger partial charge is 0.219 e. The van der Waals surface area contributed by atoms with Crippen LogP contribution >= 0.6 is 0 Å². The lowest BCUT2D eigenvalue weighted by Crippen LogP contribution is -2.05. The molecule has 0 aliphatic carbocycles. The maximum atomic E-state index is 5.84. The second-order valence-electron chi connectivity index (χ2n) is 4.64. The Balaban J connectivity index is 2.04. The fourth-order valence-electron chi connectivity index (χ4n) is 1.71. The SMILES string of the molecule is CCCOc1ccc(Oc2cc([C@@H](C)N)ccn2)cc1. The third-order valence-corrected chi connectivity index (χ3v) is 2.80. The summed E-state index contributed by atoms with van der Waals surface area (Å²) in [6.45, 7) is 4.73. The molecule has 1 aromatic carbocycles. The molecule has 0 unspecified atom stereocenters. The van der Waals surface area contributed by atoms with Crippen LogP contribution in [0.2, 0.25) is 0 Å². The van der Waals surface area contributed by atoms with Crippen molar-refractivity contribution in [2.45, 2.75) is 26.3 Å². The van der Waals surface area contributed by atoms with Crippen LogP contribution in [0.15, 0.2) is 42.6 Å². The minimum Gasteiger partial charge on any atom is -0.494 e. The topological polar surface area (TPSA) is 57.4 Å². The van der Waals surface area contributed by atoms with Crippen LogP contribution in [0.5, 0.6) is 17.4 Å². The van der Waals surface area contributed by atoms with E-state index in [0.29, 0.717) is 5.88 Å². The molecule has 20 heavy (non-hydrogen) atoms. The van der Waals surface area contributed by atoms with Gasteiger partial charge in [0, 0.05) is 18.3 Å². The molecule has 1 aromatic heterocycles. The molecule has 106 valence electrons. The average Bonchev–Trinajstić information content (AvgIpc) is 2.47. The van der Waals surface area contributed by atoms with Gasteiger partial charge in [-0.1, -0.05) is 6.92 Å². The fraction of sp³-hybridized carbons (Fsp3) is 0.312. The summed E-state index contributed by atoms with van der Waals surface area (Å²) in [5, 5.41) is 0. The van der Waals surface area contributed by atoms with Gasteiger partial charge in [-0.15, -0.1) is 0 Å². The minimum atomic E-state index is -0.0369. The summed E-state index contributed by atoms with van der Waals surface area (Å²) in [6, 6.07) is 11.2. The monoisotopic (exact) mass is 272 g/mol. The number of nitrogens with two attached hydrogens (primary N) is 1. The molecule has 2 rings (SSSR count). The molecule has 2 N–H and O–H groups in total. The molecule has 0 spiro atoms. The van der Waals surface area contributed by atoms with Crippen molar-refractivity contribution in [2.24, 2.45) is 5.73 Å². The van der Waals surface area contributed by atoms with Crippen molar-refractivity contribution in [1.29, 1.82) is 0 Å². The average molecular weight is 272 g/mol. The second kappa shape index (κ2) is 6.91. The maximum absolute atomic E-state index is 5.84. The largest absolute Gasteiger partial charge is 0.494 e. The van der Waals surface area contributed by atoms with E-state index >= 15 is 0 Å². The Morgan fingerprint density at radius 2 is 1.85 bits per heavy atom. The standard InChI is InChI=1S/C16H20N2O2/c1-3-10-19-14-4-6-15(7-5-14)20-16-11-13(12(2)17)8-9-18-16/h4-9,11-12H,3,10,17H2,1-2H3/t12-/m1/s1. The van der Waals surface area contributed by atoms with E-state index in [-0.39, 0.29) is 6.04 Å². The molecule has 0 radical (unpaired) electrons. The van der Waals surface area contributed by atoms with E-state index in [2.05, 4.69) is 11.9 Å². The zero-order chi connectivity index (χ0) is 14.4. The zero-order valence-electron chi connectivity index (χ0n) is 11.9. The van der Waals surface area contributed by atoms with Crippen LogP contribution in [0, 0.1) is 0 Å². The van der Waals surface area contributed by atoms with E-state index in [1.807, 2.05) is 43.3 Å². The number of ether oxygens (including phenoxy) is 2. The molecular formula is C16H20N2O2. The Bertz CT molecular complexity index is 538. The van der Waals surface area contributed by atoms with Gasteiger partial charge in [-0.25, -0.2) is 4.98 Å². The first-order valence-electron chi connectivity index (χ1n) is 6.81. The summed E-state index contributed by atoms with van der Waals surface area (Å²) in [7, 11) is 0. The Morgan fingerprint density at radius 1 is 1.15 bits per heavy atom. The van der Waals surface area contributed by atoms with Crippen molar-refractivity contribution in [1.82, 2.24) is 4.98 Å². The predicted octanol–water partition coefficient (Wildman–Crippen LogP) is 3.68. The molecule has 1 atom stereocenters. The summed E-state index contributed by atoms with van der Waals surface area (Å²) >= 11 is 0. The van der Waals surface area contributed by atoms with E-state index in [1.165, 1.54) is 0 Å². The summed E-state index contributed by atoms with van der Waals surface area (Å²) in [5.41, 5.74) is 6.84. The highest BCUT2D eigenvalue weighted by atomic mass is 16.5. The molecule has 0 fully saturated rings. The first-order valence-corrected chi connectivity index (χ1v) is 6.81. The number of aromatic nitrogens is 1. The van der Waals surface area contributed by atoms with Gasteiger partial charge < -0.3 is 15.2 Å². The summed E-state index contributed by atoms with van der Waals surface area (Å²) < 4.78 is 11.2. The lowest BCUT2D eigenvalue weighted by atomic mass is 10.1. The lowest BCUT2D eigenvalue weighted by molar-refractivity contribution is 0.317. The number of rotatable bonds is 6. The number of hydrogen-bond donors (Lipinski definition) is 1. The highest BCUT2D eigenvalue weighted by Crippen LogP contribution is 2.24. The van der Waals surface area contributed by atoms with E-state index in [1.54, 1.807) is 6.20 Å². The normalized spacial score (nSPS) is 11.9. The van der Waals surface area contributed by atoms with Gasteiger partial charge in [0.15, 0.2) is 0 Å². The van der Waals surface area contributed by atoms with E-state index < -0.39 is 0 Å². The first kappa shape index (κ1) is 14.3. The molecule has 0 saturated heterocycles. The van der Waals surface area contributed by atoms with Crippen LogP contribution in [0.1, 0.15) is 31.9 Å². The van der Waals surface area contributed by atoms with Gasteiger partial charge in [0.1, 0.15) is 11.5 Å². The van der Waals surface area contributed by atoms with Crippen molar-refractivity contribution in [2.75, 3.05) is 6.61 Å². The van der Waals surface area contributed by atoms with Gasteiger partial charge in [-0.3, -0.25) is 0 Å². The van der Waals surface area contributed by atoms with Crippen molar-refractivity contribution < 1.29 is 9.47 Å². The number of nitrogens with zero attached hydrogens (tertiary/aromatic N) is 1. The first-order chi connectivity index (χ1) is 9.69. The highest BCUT2D eigenvalue weighted by molar-refractivity contribution is 5.34. The van der Waals surface area contributed by atoms with Crippen molar-refractivity contribution in [3.05, 3.63) is 48.2 Å². The second-order valence-corrected chi connectivity index (χ2v) is 4.64. The van der Waals surface area contributed by atoms with Crippen LogP contribution in [0.25, 0.3) is 0 Å². The minimum absolute atomic E-state index is 0.0369. The van der Waals surface area contributed by atoms with Gasteiger partial charge >= 0.3 is 0 Å². The third kappa shape index (κ3) is 3.96. The van der Waals surface area contributed by atoms with Crippen molar-refractivity contribution >= 4 is 0 Å². The molecule has 2 aromatic rings. The van der Waals surface area contributed by atoms with Gasteiger partial charge in [0.2, 0.25) is 5.88 Å². The van der Waals surface area contributed by atoms with Gasteiger partial charge in [-0.2, -0.15) is 0 Å².